The molecule has 0 bridgehead atoms. The summed E-state index contributed by atoms with van der Waals surface area (Å²) in [5.41, 5.74) is 9.11. The highest BCUT2D eigenvalue weighted by Gasteiger charge is 2.37. The van der Waals surface area contributed by atoms with Crippen LogP contribution in [0.15, 0.2) is 24.3 Å². The van der Waals surface area contributed by atoms with E-state index in [2.05, 4.69) is 29.2 Å². The summed E-state index contributed by atoms with van der Waals surface area (Å²) >= 11 is 0. The second-order valence-corrected chi connectivity index (χ2v) is 5.91. The molecule has 0 radical (unpaired) electrons. The van der Waals surface area contributed by atoms with Gasteiger partial charge in [-0.25, -0.2) is 0 Å². The molecule has 18 heavy (non-hydrogen) atoms. The third-order valence-corrected chi connectivity index (χ3v) is 4.88. The van der Waals surface area contributed by atoms with E-state index in [1.54, 1.807) is 0 Å². The van der Waals surface area contributed by atoms with Gasteiger partial charge in [0.05, 0.1) is 0 Å². The van der Waals surface area contributed by atoms with Gasteiger partial charge >= 0.3 is 0 Å². The molecular formula is C16H24N2. The van der Waals surface area contributed by atoms with Gasteiger partial charge in [0.1, 0.15) is 0 Å². The van der Waals surface area contributed by atoms with E-state index in [-0.39, 0.29) is 0 Å². The summed E-state index contributed by atoms with van der Waals surface area (Å²) < 4.78 is 0. The number of rotatable bonds is 4. The lowest BCUT2D eigenvalue weighted by atomic mass is 9.62. The molecule has 0 aromatic heterocycles. The molecule has 1 aromatic rings. The SMILES string of the molecule is NCCC1(c2ccc(N3CCCC3)cc2)CCC1. The third-order valence-electron chi connectivity index (χ3n) is 4.88. The Hall–Kier alpha value is -1.02. The van der Waals surface area contributed by atoms with Gasteiger partial charge in [-0.1, -0.05) is 18.6 Å². The van der Waals surface area contributed by atoms with Crippen molar-refractivity contribution in [3.8, 4) is 0 Å². The molecule has 1 saturated heterocycles. The fourth-order valence-electron chi connectivity index (χ4n) is 3.56. The molecule has 2 fully saturated rings. The van der Waals surface area contributed by atoms with Gasteiger partial charge in [-0.05, 0) is 61.8 Å². The quantitative estimate of drug-likeness (QED) is 0.882. The van der Waals surface area contributed by atoms with Crippen molar-refractivity contribution in [2.24, 2.45) is 5.73 Å². The number of hydrogen-bond acceptors (Lipinski definition) is 2. The molecule has 1 aliphatic heterocycles. The molecule has 1 saturated carbocycles. The second-order valence-electron chi connectivity index (χ2n) is 5.91. The summed E-state index contributed by atoms with van der Waals surface area (Å²) in [5, 5.41) is 0. The van der Waals surface area contributed by atoms with Gasteiger partial charge in [0.15, 0.2) is 0 Å². The van der Waals surface area contributed by atoms with E-state index >= 15 is 0 Å². The van der Waals surface area contributed by atoms with Crippen LogP contribution in [0.25, 0.3) is 0 Å². The Morgan fingerprint density at radius 2 is 1.67 bits per heavy atom. The zero-order valence-electron chi connectivity index (χ0n) is 11.2. The largest absolute Gasteiger partial charge is 0.372 e. The molecule has 2 heteroatoms. The van der Waals surface area contributed by atoms with Gasteiger partial charge in [-0.3, -0.25) is 0 Å². The Kier molecular flexibility index (Phi) is 3.29. The van der Waals surface area contributed by atoms with Crippen LogP contribution in [0, 0.1) is 0 Å². The van der Waals surface area contributed by atoms with Crippen LogP contribution in [0.5, 0.6) is 0 Å². The molecule has 2 nitrogen and oxygen atoms in total. The lowest BCUT2D eigenvalue weighted by molar-refractivity contribution is 0.229. The lowest BCUT2D eigenvalue weighted by Crippen LogP contribution is -2.36. The molecule has 2 aliphatic rings. The molecule has 0 spiro atoms. The fourth-order valence-corrected chi connectivity index (χ4v) is 3.56. The standard InChI is InChI=1S/C16H24N2/c17-11-10-16(8-3-9-16)14-4-6-15(7-5-14)18-12-1-2-13-18/h4-7H,1-3,8-13,17H2. The van der Waals surface area contributed by atoms with E-state index in [1.807, 2.05) is 0 Å². The van der Waals surface area contributed by atoms with Gasteiger partial charge in [0.25, 0.3) is 0 Å². The van der Waals surface area contributed by atoms with E-state index in [9.17, 15) is 0 Å². The molecule has 1 aromatic carbocycles. The van der Waals surface area contributed by atoms with Crippen molar-refractivity contribution < 1.29 is 0 Å². The van der Waals surface area contributed by atoms with Gasteiger partial charge in [0.2, 0.25) is 0 Å². The van der Waals surface area contributed by atoms with Crippen LogP contribution in [0.1, 0.15) is 44.1 Å². The monoisotopic (exact) mass is 244 g/mol. The van der Waals surface area contributed by atoms with Crippen molar-refractivity contribution in [2.45, 2.75) is 43.9 Å². The van der Waals surface area contributed by atoms with Crippen molar-refractivity contribution in [2.75, 3.05) is 24.5 Å². The minimum absolute atomic E-state index is 0.415. The first-order chi connectivity index (χ1) is 8.84. The average Bonchev–Trinajstić information content (AvgIpc) is 2.88. The van der Waals surface area contributed by atoms with Gasteiger partial charge in [0, 0.05) is 18.8 Å². The highest BCUT2D eigenvalue weighted by Crippen LogP contribution is 2.46. The summed E-state index contributed by atoms with van der Waals surface area (Å²) in [4.78, 5) is 2.50. The Morgan fingerprint density at radius 3 is 2.17 bits per heavy atom. The maximum absolute atomic E-state index is 5.78. The van der Waals surface area contributed by atoms with E-state index in [4.69, 9.17) is 5.73 Å². The summed E-state index contributed by atoms with van der Waals surface area (Å²) in [6.45, 7) is 3.27. The maximum atomic E-state index is 5.78. The molecule has 1 aliphatic carbocycles. The maximum Gasteiger partial charge on any atom is 0.0366 e. The lowest BCUT2D eigenvalue weighted by Gasteiger charge is -2.42. The summed E-state index contributed by atoms with van der Waals surface area (Å²) in [6.07, 6.45) is 7.86. The molecule has 3 rings (SSSR count). The van der Waals surface area contributed by atoms with Crippen molar-refractivity contribution in [1.29, 1.82) is 0 Å². The highest BCUT2D eigenvalue weighted by molar-refractivity contribution is 5.49. The van der Waals surface area contributed by atoms with Gasteiger partial charge in [-0.15, -0.1) is 0 Å². The average molecular weight is 244 g/mol. The second kappa shape index (κ2) is 4.93. The highest BCUT2D eigenvalue weighted by atomic mass is 15.1. The zero-order valence-corrected chi connectivity index (χ0v) is 11.2. The molecule has 2 N–H and O–H groups in total. The van der Waals surface area contributed by atoms with Crippen LogP contribution >= 0.6 is 0 Å². The van der Waals surface area contributed by atoms with E-state index in [0.717, 1.165) is 13.0 Å². The number of nitrogens with two attached hydrogens (primary N) is 1. The van der Waals surface area contributed by atoms with Crippen molar-refractivity contribution in [1.82, 2.24) is 0 Å². The number of benzene rings is 1. The molecule has 0 atom stereocenters. The van der Waals surface area contributed by atoms with Crippen LogP contribution in [0.2, 0.25) is 0 Å². The minimum atomic E-state index is 0.415. The normalized spacial score (nSPS) is 21.9. The predicted molar refractivity (Wildman–Crippen MR) is 77.1 cm³/mol. The van der Waals surface area contributed by atoms with E-state index in [0.29, 0.717) is 5.41 Å². The first-order valence-corrected chi connectivity index (χ1v) is 7.40. The minimum Gasteiger partial charge on any atom is -0.372 e. The number of anilines is 1. The van der Waals surface area contributed by atoms with E-state index in [1.165, 1.54) is 56.4 Å². The molecular weight excluding hydrogens is 220 g/mol. The Bertz CT molecular complexity index is 386. The van der Waals surface area contributed by atoms with Crippen LogP contribution in [0.4, 0.5) is 5.69 Å². The molecule has 0 unspecified atom stereocenters. The number of hydrogen-bond donors (Lipinski definition) is 1. The Balaban J connectivity index is 1.77. The predicted octanol–water partition coefficient (Wildman–Crippen LogP) is 3.06. The van der Waals surface area contributed by atoms with Gasteiger partial charge in [-0.2, -0.15) is 0 Å². The molecule has 1 heterocycles. The molecule has 98 valence electrons. The smallest absolute Gasteiger partial charge is 0.0366 e. The number of nitrogens with zero attached hydrogens (tertiary/aromatic N) is 1. The first-order valence-electron chi connectivity index (χ1n) is 7.40. The van der Waals surface area contributed by atoms with E-state index < -0.39 is 0 Å². The fraction of sp³-hybridized carbons (Fsp3) is 0.625. The summed E-state index contributed by atoms with van der Waals surface area (Å²) in [5.74, 6) is 0. The summed E-state index contributed by atoms with van der Waals surface area (Å²) in [6, 6.07) is 9.33. The zero-order chi connectivity index (χ0) is 12.4. The Morgan fingerprint density at radius 1 is 1.00 bits per heavy atom. The van der Waals surface area contributed by atoms with Gasteiger partial charge < -0.3 is 10.6 Å². The Labute approximate surface area is 110 Å². The third kappa shape index (κ3) is 2.03. The summed E-state index contributed by atoms with van der Waals surface area (Å²) in [7, 11) is 0. The van der Waals surface area contributed by atoms with Crippen LogP contribution in [-0.4, -0.2) is 19.6 Å². The van der Waals surface area contributed by atoms with Crippen molar-refractivity contribution in [3.63, 3.8) is 0 Å². The van der Waals surface area contributed by atoms with Crippen LogP contribution in [0.3, 0.4) is 0 Å². The van der Waals surface area contributed by atoms with Crippen molar-refractivity contribution >= 4 is 5.69 Å². The molecule has 0 amide bonds. The topological polar surface area (TPSA) is 29.3 Å². The first kappa shape index (κ1) is 12.0. The van der Waals surface area contributed by atoms with Crippen molar-refractivity contribution in [3.05, 3.63) is 29.8 Å². The van der Waals surface area contributed by atoms with Crippen LogP contribution < -0.4 is 10.6 Å². The van der Waals surface area contributed by atoms with Crippen LogP contribution in [-0.2, 0) is 5.41 Å².